The highest BCUT2D eigenvalue weighted by Gasteiger charge is 2.45. The fourth-order valence-corrected chi connectivity index (χ4v) is 4.66. The molecule has 0 spiro atoms. The van der Waals surface area contributed by atoms with Crippen molar-refractivity contribution in [3.05, 3.63) is 76.8 Å². The first-order chi connectivity index (χ1) is 13.5. The van der Waals surface area contributed by atoms with E-state index in [0.29, 0.717) is 23.2 Å². The predicted molar refractivity (Wildman–Crippen MR) is 113 cm³/mol. The summed E-state index contributed by atoms with van der Waals surface area (Å²) in [7, 11) is 0. The number of nitrogens with zero attached hydrogens (tertiary/aromatic N) is 2. The van der Waals surface area contributed by atoms with Crippen molar-refractivity contribution in [2.45, 2.75) is 23.3 Å². The summed E-state index contributed by atoms with van der Waals surface area (Å²) in [5.41, 5.74) is 7.36. The van der Waals surface area contributed by atoms with Crippen LogP contribution in [-0.2, 0) is 21.8 Å². The maximum atomic E-state index is 6.49. The molecule has 1 aromatic heterocycles. The molecule has 2 unspecified atom stereocenters. The van der Waals surface area contributed by atoms with Gasteiger partial charge in [-0.1, -0.05) is 35.3 Å². The van der Waals surface area contributed by atoms with Gasteiger partial charge in [0.25, 0.3) is 0 Å². The molecule has 0 radical (unpaired) electrons. The quantitative estimate of drug-likeness (QED) is 0.443. The van der Waals surface area contributed by atoms with E-state index in [2.05, 4.69) is 4.98 Å². The van der Waals surface area contributed by atoms with Crippen LogP contribution in [0.4, 0.5) is 5.69 Å². The van der Waals surface area contributed by atoms with Gasteiger partial charge in [-0.25, -0.2) is 4.98 Å². The molecular weight excluding hydrogens is 417 g/mol. The fraction of sp³-hybridized carbons (Fsp3) is 0.250. The number of hydrogen-bond acceptors (Lipinski definition) is 5. The molecule has 2 N–H and O–H groups in total. The van der Waals surface area contributed by atoms with Crippen molar-refractivity contribution in [2.24, 2.45) is 0 Å². The molecule has 2 atom stereocenters. The average molecular weight is 436 g/mol. The average Bonchev–Trinajstić information content (AvgIpc) is 3.31. The van der Waals surface area contributed by atoms with Crippen LogP contribution in [0.15, 0.2) is 66.1 Å². The van der Waals surface area contributed by atoms with E-state index in [1.807, 2.05) is 41.1 Å². The summed E-state index contributed by atoms with van der Waals surface area (Å²) < 4.78 is 14.6. The van der Waals surface area contributed by atoms with Gasteiger partial charge < -0.3 is 19.8 Å². The number of ether oxygens (including phenoxy) is 2. The first kappa shape index (κ1) is 19.6. The first-order valence-electron chi connectivity index (χ1n) is 8.75. The highest BCUT2D eigenvalue weighted by molar-refractivity contribution is 7.99. The number of thioether (sulfide) groups is 1. The Kier molecular flexibility index (Phi) is 5.85. The van der Waals surface area contributed by atoms with Gasteiger partial charge in [-0.2, -0.15) is 0 Å². The number of rotatable bonds is 6. The van der Waals surface area contributed by atoms with Crippen molar-refractivity contribution < 1.29 is 9.47 Å². The monoisotopic (exact) mass is 435 g/mol. The minimum absolute atomic E-state index is 0.0957. The Morgan fingerprint density at radius 1 is 1.25 bits per heavy atom. The Bertz CT molecular complexity index is 954. The van der Waals surface area contributed by atoms with Crippen LogP contribution >= 0.6 is 35.0 Å². The lowest BCUT2D eigenvalue weighted by molar-refractivity contribution is -0.184. The lowest BCUT2D eigenvalue weighted by Crippen LogP contribution is -2.34. The number of nitrogen functional groups attached to an aromatic ring is 1. The number of hydrogen-bond donors (Lipinski definition) is 1. The molecule has 1 aliphatic heterocycles. The Morgan fingerprint density at radius 3 is 2.89 bits per heavy atom. The summed E-state index contributed by atoms with van der Waals surface area (Å²) in [5.74, 6) is -0.260. The van der Waals surface area contributed by atoms with Gasteiger partial charge in [0.05, 0.1) is 30.6 Å². The van der Waals surface area contributed by atoms with E-state index in [1.165, 1.54) is 0 Å². The number of anilines is 1. The number of benzene rings is 2. The van der Waals surface area contributed by atoms with Gasteiger partial charge in [0.2, 0.25) is 5.79 Å². The maximum absolute atomic E-state index is 6.49. The third-order valence-electron chi connectivity index (χ3n) is 4.44. The molecule has 0 aliphatic carbocycles. The largest absolute Gasteiger partial charge is 0.399 e. The van der Waals surface area contributed by atoms with Gasteiger partial charge in [0, 0.05) is 39.3 Å². The molecule has 1 saturated heterocycles. The first-order valence-corrected chi connectivity index (χ1v) is 10.5. The number of aromatic nitrogens is 2. The zero-order valence-corrected chi connectivity index (χ0v) is 17.3. The minimum Gasteiger partial charge on any atom is -0.399 e. The molecule has 0 saturated carbocycles. The van der Waals surface area contributed by atoms with E-state index in [0.717, 1.165) is 21.9 Å². The lowest BCUT2D eigenvalue weighted by Gasteiger charge is -2.30. The highest BCUT2D eigenvalue weighted by atomic mass is 35.5. The van der Waals surface area contributed by atoms with Crippen molar-refractivity contribution in [3.8, 4) is 0 Å². The number of halogens is 2. The highest BCUT2D eigenvalue weighted by Crippen LogP contribution is 2.41. The molecule has 3 aromatic rings. The smallest absolute Gasteiger partial charge is 0.215 e. The van der Waals surface area contributed by atoms with E-state index in [4.69, 9.17) is 38.4 Å². The summed E-state index contributed by atoms with van der Waals surface area (Å²) in [6.07, 6.45) is 5.22. The normalized spacial score (nSPS) is 21.9. The van der Waals surface area contributed by atoms with Crippen molar-refractivity contribution in [1.29, 1.82) is 0 Å². The van der Waals surface area contributed by atoms with E-state index in [1.54, 1.807) is 36.4 Å². The molecule has 1 fully saturated rings. The predicted octanol–water partition coefficient (Wildman–Crippen LogP) is 4.83. The van der Waals surface area contributed by atoms with Crippen LogP contribution in [0.3, 0.4) is 0 Å². The second-order valence-electron chi connectivity index (χ2n) is 6.55. The van der Waals surface area contributed by atoms with Crippen LogP contribution in [0, 0.1) is 0 Å². The second kappa shape index (κ2) is 8.35. The van der Waals surface area contributed by atoms with Gasteiger partial charge in [-0.15, -0.1) is 11.8 Å². The molecule has 28 heavy (non-hydrogen) atoms. The van der Waals surface area contributed by atoms with Crippen molar-refractivity contribution in [1.82, 2.24) is 9.55 Å². The molecule has 146 valence electrons. The van der Waals surface area contributed by atoms with E-state index in [-0.39, 0.29) is 6.10 Å². The van der Waals surface area contributed by atoms with E-state index in [9.17, 15) is 0 Å². The molecule has 8 heteroatoms. The number of imidazole rings is 1. The lowest BCUT2D eigenvalue weighted by atomic mass is 10.1. The van der Waals surface area contributed by atoms with Crippen LogP contribution in [0.25, 0.3) is 0 Å². The van der Waals surface area contributed by atoms with Crippen LogP contribution in [-0.4, -0.2) is 28.0 Å². The molecule has 0 amide bonds. The van der Waals surface area contributed by atoms with Gasteiger partial charge in [0.15, 0.2) is 0 Å². The molecule has 5 nitrogen and oxygen atoms in total. The van der Waals surface area contributed by atoms with Crippen molar-refractivity contribution in [2.75, 3.05) is 18.1 Å². The SMILES string of the molecule is Nc1cccc(SCC2COC(Cn3ccnc3)(c3ccc(Cl)cc3Cl)O2)c1. The Hall–Kier alpha value is -1.70. The van der Waals surface area contributed by atoms with E-state index >= 15 is 0 Å². The minimum atomic E-state index is -0.997. The van der Waals surface area contributed by atoms with Crippen LogP contribution in [0.5, 0.6) is 0 Å². The molecule has 2 heterocycles. The zero-order valence-electron chi connectivity index (χ0n) is 14.9. The number of nitrogens with two attached hydrogens (primary N) is 1. The van der Waals surface area contributed by atoms with Gasteiger partial charge in [-0.05, 0) is 30.3 Å². The zero-order chi connectivity index (χ0) is 19.6. The Labute approximate surface area is 177 Å². The van der Waals surface area contributed by atoms with Gasteiger partial charge >= 0.3 is 0 Å². The second-order valence-corrected chi connectivity index (χ2v) is 8.48. The maximum Gasteiger partial charge on any atom is 0.215 e. The standard InChI is InChI=1S/C20H19Cl2N3O2S/c21-14-4-5-18(19(22)8-14)20(12-25-7-6-24-13-25)26-10-16(27-20)11-28-17-3-1-2-15(23)9-17/h1-9,13,16H,10-12,23H2. The molecule has 4 rings (SSSR count). The molecular formula is C20H19Cl2N3O2S. The van der Waals surface area contributed by atoms with Crippen LogP contribution in [0.1, 0.15) is 5.56 Å². The van der Waals surface area contributed by atoms with E-state index < -0.39 is 5.79 Å². The molecule has 1 aliphatic rings. The summed E-state index contributed by atoms with van der Waals surface area (Å²) >= 11 is 14.2. The summed E-state index contributed by atoms with van der Waals surface area (Å²) in [6.45, 7) is 0.900. The van der Waals surface area contributed by atoms with Gasteiger partial charge in [-0.3, -0.25) is 0 Å². The summed E-state index contributed by atoms with van der Waals surface area (Å²) in [4.78, 5) is 5.21. The van der Waals surface area contributed by atoms with Crippen molar-refractivity contribution in [3.63, 3.8) is 0 Å². The fourth-order valence-electron chi connectivity index (χ4n) is 3.17. The summed E-state index contributed by atoms with van der Waals surface area (Å²) in [6, 6.07) is 13.2. The summed E-state index contributed by atoms with van der Waals surface area (Å²) in [5, 5.41) is 1.08. The topological polar surface area (TPSA) is 62.3 Å². The van der Waals surface area contributed by atoms with Crippen LogP contribution < -0.4 is 5.73 Å². The third-order valence-corrected chi connectivity index (χ3v) is 6.12. The Balaban J connectivity index is 1.55. The third kappa shape index (κ3) is 4.31. The molecule has 2 aromatic carbocycles. The van der Waals surface area contributed by atoms with Crippen LogP contribution in [0.2, 0.25) is 10.0 Å². The molecule has 0 bridgehead atoms. The Morgan fingerprint density at radius 2 is 2.14 bits per heavy atom. The van der Waals surface area contributed by atoms with Crippen molar-refractivity contribution >= 4 is 40.7 Å². The van der Waals surface area contributed by atoms with Gasteiger partial charge in [0.1, 0.15) is 0 Å².